The lowest BCUT2D eigenvalue weighted by molar-refractivity contribution is 0.0672. The van der Waals surface area contributed by atoms with Gasteiger partial charge in [0.15, 0.2) is 0 Å². The number of phenolic OH excluding ortho intramolecular Hbond substituents is 1. The Morgan fingerprint density at radius 1 is 1.35 bits per heavy atom. The lowest BCUT2D eigenvalue weighted by Gasteiger charge is -2.44. The van der Waals surface area contributed by atoms with Gasteiger partial charge in [0.2, 0.25) is 0 Å². The van der Waals surface area contributed by atoms with Crippen molar-refractivity contribution in [2.45, 2.75) is 19.0 Å². The number of piperazine rings is 1. The van der Waals surface area contributed by atoms with Gasteiger partial charge in [-0.05, 0) is 47.0 Å². The van der Waals surface area contributed by atoms with Gasteiger partial charge in [0, 0.05) is 32.2 Å². The van der Waals surface area contributed by atoms with Crippen molar-refractivity contribution in [2.24, 2.45) is 0 Å². The van der Waals surface area contributed by atoms with Gasteiger partial charge in [-0.15, -0.1) is 6.58 Å². The molecule has 0 amide bonds. The third-order valence-electron chi connectivity index (χ3n) is 4.53. The van der Waals surface area contributed by atoms with Crippen molar-refractivity contribution in [3.63, 3.8) is 0 Å². The average Bonchev–Trinajstić information content (AvgIpc) is 3.04. The number of phenols is 1. The van der Waals surface area contributed by atoms with Gasteiger partial charge >= 0.3 is 0 Å². The van der Waals surface area contributed by atoms with E-state index in [1.54, 1.807) is 17.4 Å². The van der Waals surface area contributed by atoms with E-state index in [-0.39, 0.29) is 6.04 Å². The summed E-state index contributed by atoms with van der Waals surface area (Å²) in [6.45, 7) is 10.2. The zero-order valence-electron chi connectivity index (χ0n) is 13.6. The van der Waals surface area contributed by atoms with Crippen molar-refractivity contribution in [3.05, 3.63) is 64.9 Å². The summed E-state index contributed by atoms with van der Waals surface area (Å²) >= 11 is 1.73. The first-order chi connectivity index (χ1) is 11.2. The van der Waals surface area contributed by atoms with E-state index in [1.807, 2.05) is 18.2 Å². The molecule has 2 heterocycles. The van der Waals surface area contributed by atoms with Crippen molar-refractivity contribution in [3.8, 4) is 5.75 Å². The quantitative estimate of drug-likeness (QED) is 0.847. The summed E-state index contributed by atoms with van der Waals surface area (Å²) in [5.41, 5.74) is 2.47. The van der Waals surface area contributed by atoms with E-state index >= 15 is 0 Å². The Bertz CT molecular complexity index is 641. The van der Waals surface area contributed by atoms with Gasteiger partial charge in [-0.3, -0.25) is 9.80 Å². The van der Waals surface area contributed by atoms with Crippen molar-refractivity contribution in [1.29, 1.82) is 0 Å². The molecule has 3 nitrogen and oxygen atoms in total. The molecule has 0 radical (unpaired) electrons. The smallest absolute Gasteiger partial charge is 0.115 e. The number of benzene rings is 1. The van der Waals surface area contributed by atoms with Gasteiger partial charge in [-0.2, -0.15) is 11.3 Å². The molecule has 3 rings (SSSR count). The predicted molar refractivity (Wildman–Crippen MR) is 97.1 cm³/mol. The molecule has 1 N–H and O–H groups in total. The Labute approximate surface area is 142 Å². The second kappa shape index (κ2) is 7.30. The first kappa shape index (κ1) is 16.2. The molecule has 0 bridgehead atoms. The van der Waals surface area contributed by atoms with E-state index in [4.69, 9.17) is 0 Å². The molecular weight excluding hydrogens is 304 g/mol. The monoisotopic (exact) mass is 328 g/mol. The summed E-state index contributed by atoms with van der Waals surface area (Å²) in [6.07, 6.45) is 1.98. The van der Waals surface area contributed by atoms with Gasteiger partial charge in [0.05, 0.1) is 6.04 Å². The van der Waals surface area contributed by atoms with Crippen molar-refractivity contribution in [1.82, 2.24) is 9.80 Å². The van der Waals surface area contributed by atoms with Crippen molar-refractivity contribution in [2.75, 3.05) is 26.2 Å². The molecule has 1 aromatic heterocycles. The molecule has 1 unspecified atom stereocenters. The van der Waals surface area contributed by atoms with Crippen LogP contribution in [-0.4, -0.2) is 47.1 Å². The Hall–Kier alpha value is -1.62. The lowest BCUT2D eigenvalue weighted by Crippen LogP contribution is -2.52. The largest absolute Gasteiger partial charge is 0.508 e. The molecule has 23 heavy (non-hydrogen) atoms. The van der Waals surface area contributed by atoms with Crippen LogP contribution in [0.15, 0.2) is 53.7 Å². The first-order valence-electron chi connectivity index (χ1n) is 8.09. The summed E-state index contributed by atoms with van der Waals surface area (Å²) in [5.74, 6) is 0.334. The minimum Gasteiger partial charge on any atom is -0.508 e. The first-order valence-corrected chi connectivity index (χ1v) is 9.03. The van der Waals surface area contributed by atoms with Crippen LogP contribution in [0.1, 0.15) is 24.1 Å². The molecule has 1 aliphatic heterocycles. The second-order valence-corrected chi connectivity index (χ2v) is 6.97. The number of hydrogen-bond donors (Lipinski definition) is 1. The van der Waals surface area contributed by atoms with E-state index in [0.29, 0.717) is 11.8 Å². The fourth-order valence-corrected chi connectivity index (χ4v) is 4.16. The second-order valence-electron chi connectivity index (χ2n) is 6.19. The van der Waals surface area contributed by atoms with Gasteiger partial charge in [-0.1, -0.05) is 18.2 Å². The lowest BCUT2D eigenvalue weighted by atomic mass is 9.96. The Morgan fingerprint density at radius 2 is 2.22 bits per heavy atom. The normalized spacial score (nSPS) is 21.2. The minimum atomic E-state index is 0.203. The van der Waals surface area contributed by atoms with E-state index in [9.17, 15) is 5.11 Å². The number of hydrogen-bond acceptors (Lipinski definition) is 4. The number of thiophene rings is 1. The van der Waals surface area contributed by atoms with Crippen LogP contribution in [0, 0.1) is 0 Å². The Kier molecular flexibility index (Phi) is 5.16. The van der Waals surface area contributed by atoms with Crippen LogP contribution in [0.5, 0.6) is 5.75 Å². The molecule has 0 spiro atoms. The average molecular weight is 328 g/mol. The highest BCUT2D eigenvalue weighted by Gasteiger charge is 2.31. The van der Waals surface area contributed by atoms with Crippen LogP contribution in [0.2, 0.25) is 0 Å². The highest BCUT2D eigenvalue weighted by atomic mass is 32.1. The van der Waals surface area contributed by atoms with Crippen LogP contribution in [0.3, 0.4) is 0 Å². The molecule has 1 aromatic carbocycles. The third kappa shape index (κ3) is 3.66. The van der Waals surface area contributed by atoms with Gasteiger partial charge in [0.25, 0.3) is 0 Å². The standard InChI is InChI=1S/C19H24N2OS/c1-3-8-20-9-10-21(15(2)13-20)19(17-7-11-23-14-17)16-5-4-6-18(22)12-16/h3-7,11-12,14-15,19,22H,1,8-10,13H2,2H3/t15?,19-/m1/s1. The molecule has 2 atom stereocenters. The maximum Gasteiger partial charge on any atom is 0.115 e. The van der Waals surface area contributed by atoms with Crippen LogP contribution in [-0.2, 0) is 0 Å². The SMILES string of the molecule is C=CCN1CCN([C@@H](c2ccsc2)c2cccc(O)c2)C(C)C1. The van der Waals surface area contributed by atoms with Crippen LogP contribution in [0.4, 0.5) is 0 Å². The van der Waals surface area contributed by atoms with Gasteiger partial charge < -0.3 is 5.11 Å². The van der Waals surface area contributed by atoms with Crippen LogP contribution in [0.25, 0.3) is 0 Å². The molecule has 122 valence electrons. The summed E-state index contributed by atoms with van der Waals surface area (Å²) in [6, 6.07) is 10.5. The van der Waals surface area contributed by atoms with Crippen molar-refractivity contribution >= 4 is 11.3 Å². The van der Waals surface area contributed by atoms with E-state index < -0.39 is 0 Å². The predicted octanol–water partition coefficient (Wildman–Crippen LogP) is 3.74. The number of aromatic hydroxyl groups is 1. The van der Waals surface area contributed by atoms with Crippen molar-refractivity contribution < 1.29 is 5.11 Å². The molecule has 0 saturated carbocycles. The summed E-state index contributed by atoms with van der Waals surface area (Å²) in [4.78, 5) is 5.00. The van der Waals surface area contributed by atoms with Gasteiger partial charge in [-0.25, -0.2) is 0 Å². The Morgan fingerprint density at radius 3 is 2.87 bits per heavy atom. The summed E-state index contributed by atoms with van der Waals surface area (Å²) in [5, 5.41) is 14.2. The zero-order chi connectivity index (χ0) is 16.2. The summed E-state index contributed by atoms with van der Waals surface area (Å²) in [7, 11) is 0. The van der Waals surface area contributed by atoms with Crippen LogP contribution >= 0.6 is 11.3 Å². The number of nitrogens with zero attached hydrogens (tertiary/aromatic N) is 2. The molecule has 1 saturated heterocycles. The molecule has 2 aromatic rings. The fraction of sp³-hybridized carbons (Fsp3) is 0.368. The molecule has 1 fully saturated rings. The molecular formula is C19H24N2OS. The third-order valence-corrected chi connectivity index (χ3v) is 5.23. The zero-order valence-corrected chi connectivity index (χ0v) is 14.4. The minimum absolute atomic E-state index is 0.203. The highest BCUT2D eigenvalue weighted by molar-refractivity contribution is 7.08. The Balaban J connectivity index is 1.89. The molecule has 0 aliphatic carbocycles. The highest BCUT2D eigenvalue weighted by Crippen LogP contribution is 2.34. The van der Waals surface area contributed by atoms with E-state index in [1.165, 1.54) is 5.56 Å². The molecule has 4 heteroatoms. The summed E-state index contributed by atoms with van der Waals surface area (Å²) < 4.78 is 0. The van der Waals surface area contributed by atoms with E-state index in [0.717, 1.165) is 31.7 Å². The van der Waals surface area contributed by atoms with Gasteiger partial charge in [0.1, 0.15) is 5.75 Å². The number of rotatable bonds is 5. The maximum atomic E-state index is 9.90. The fourth-order valence-electron chi connectivity index (χ4n) is 3.48. The molecule has 1 aliphatic rings. The topological polar surface area (TPSA) is 26.7 Å². The van der Waals surface area contributed by atoms with Crippen LogP contribution < -0.4 is 0 Å². The maximum absolute atomic E-state index is 9.90. The van der Waals surface area contributed by atoms with E-state index in [2.05, 4.69) is 46.2 Å².